The monoisotopic (exact) mass is 399 g/mol. The minimum Gasteiger partial charge on any atom is -0.324 e. The molecule has 1 heterocycles. The number of carbonyl (C=O) groups is 1. The summed E-state index contributed by atoms with van der Waals surface area (Å²) in [6.07, 6.45) is 3.21. The molecule has 2 aromatic carbocycles. The van der Waals surface area contributed by atoms with Crippen LogP contribution in [0.2, 0.25) is 0 Å². The maximum atomic E-state index is 12.8. The molecule has 6 nitrogen and oxygen atoms in total. The third kappa shape index (κ3) is 4.42. The van der Waals surface area contributed by atoms with E-state index in [1.54, 1.807) is 18.2 Å². The predicted molar refractivity (Wildman–Crippen MR) is 111 cm³/mol. The molecule has 1 aliphatic heterocycles. The molecule has 148 valence electrons. The van der Waals surface area contributed by atoms with Crippen LogP contribution in [-0.4, -0.2) is 26.2 Å². The minimum atomic E-state index is -3.63. The lowest BCUT2D eigenvalue weighted by atomic mass is 10.1. The molecule has 7 heteroatoms. The molecule has 0 spiro atoms. The van der Waals surface area contributed by atoms with E-state index in [4.69, 9.17) is 0 Å². The third-order valence-electron chi connectivity index (χ3n) is 4.71. The first-order chi connectivity index (χ1) is 13.4. The fourth-order valence-corrected chi connectivity index (χ4v) is 4.33. The lowest BCUT2D eigenvalue weighted by Gasteiger charge is -2.14. The van der Waals surface area contributed by atoms with Gasteiger partial charge in [-0.1, -0.05) is 51.0 Å². The van der Waals surface area contributed by atoms with E-state index >= 15 is 0 Å². The Morgan fingerprint density at radius 3 is 2.50 bits per heavy atom. The standard InChI is InChI=1S/C21H25N3O3S/c1-3-5-9-18(21(25)22-16-13-11-15(4-2)12-14-16)23-20-17-8-6-7-10-19(17)28(26,27)24-20/h6-8,10-14,18H,3-5,9H2,1-2H3,(H,22,25)(H,23,24). The first kappa shape index (κ1) is 20.1. The second-order valence-electron chi connectivity index (χ2n) is 6.78. The zero-order valence-corrected chi connectivity index (χ0v) is 16.9. The first-order valence-corrected chi connectivity index (χ1v) is 11.0. The summed E-state index contributed by atoms with van der Waals surface area (Å²) in [7, 11) is -3.63. The molecule has 0 saturated carbocycles. The van der Waals surface area contributed by atoms with Crippen molar-refractivity contribution in [3.63, 3.8) is 0 Å². The normalized spacial score (nSPS) is 17.0. The van der Waals surface area contributed by atoms with Gasteiger partial charge in [0.05, 0.1) is 4.90 Å². The highest BCUT2D eigenvalue weighted by atomic mass is 32.2. The van der Waals surface area contributed by atoms with Crippen LogP contribution in [0.4, 0.5) is 5.69 Å². The van der Waals surface area contributed by atoms with Gasteiger partial charge in [-0.15, -0.1) is 0 Å². The van der Waals surface area contributed by atoms with E-state index in [1.807, 2.05) is 31.2 Å². The van der Waals surface area contributed by atoms with Gasteiger partial charge >= 0.3 is 0 Å². The highest BCUT2D eigenvalue weighted by Crippen LogP contribution is 2.23. The van der Waals surface area contributed by atoms with E-state index in [9.17, 15) is 13.2 Å². The number of aryl methyl sites for hydroxylation is 1. The lowest BCUT2D eigenvalue weighted by Crippen LogP contribution is -2.30. The number of fused-ring (bicyclic) bond motifs is 1. The number of hydrogen-bond acceptors (Lipinski definition) is 4. The third-order valence-corrected chi connectivity index (χ3v) is 6.11. The van der Waals surface area contributed by atoms with Crippen LogP contribution < -0.4 is 10.0 Å². The van der Waals surface area contributed by atoms with Crippen molar-refractivity contribution in [1.29, 1.82) is 0 Å². The molecule has 2 aromatic rings. The number of hydrogen-bond donors (Lipinski definition) is 2. The summed E-state index contributed by atoms with van der Waals surface area (Å²) in [4.78, 5) is 17.5. The van der Waals surface area contributed by atoms with Gasteiger partial charge in [-0.2, -0.15) is 0 Å². The number of carbonyl (C=O) groups excluding carboxylic acids is 1. The smallest absolute Gasteiger partial charge is 0.263 e. The summed E-state index contributed by atoms with van der Waals surface area (Å²) in [5, 5.41) is 2.90. The number of anilines is 1. The summed E-state index contributed by atoms with van der Waals surface area (Å²) >= 11 is 0. The largest absolute Gasteiger partial charge is 0.324 e. The fourth-order valence-electron chi connectivity index (χ4n) is 3.09. The van der Waals surface area contributed by atoms with Crippen LogP contribution in [0.3, 0.4) is 0 Å². The molecule has 0 fully saturated rings. The zero-order valence-electron chi connectivity index (χ0n) is 16.1. The quantitative estimate of drug-likeness (QED) is 0.747. The molecule has 1 atom stereocenters. The van der Waals surface area contributed by atoms with Crippen LogP contribution in [0.1, 0.15) is 44.2 Å². The fraction of sp³-hybridized carbons (Fsp3) is 0.333. The van der Waals surface area contributed by atoms with Gasteiger partial charge in [0.1, 0.15) is 11.9 Å². The zero-order chi connectivity index (χ0) is 20.1. The first-order valence-electron chi connectivity index (χ1n) is 9.54. The van der Waals surface area contributed by atoms with E-state index in [0.29, 0.717) is 17.7 Å². The van der Waals surface area contributed by atoms with Crippen molar-refractivity contribution in [2.24, 2.45) is 4.99 Å². The molecule has 1 aliphatic rings. The van der Waals surface area contributed by atoms with Gasteiger partial charge in [0.25, 0.3) is 10.0 Å². The highest BCUT2D eigenvalue weighted by Gasteiger charge is 2.31. The van der Waals surface area contributed by atoms with Gasteiger partial charge in [0, 0.05) is 11.3 Å². The number of nitrogens with zero attached hydrogens (tertiary/aromatic N) is 1. The molecule has 1 unspecified atom stereocenters. The van der Waals surface area contributed by atoms with E-state index in [0.717, 1.165) is 19.3 Å². The molecule has 0 radical (unpaired) electrons. The van der Waals surface area contributed by atoms with Gasteiger partial charge in [-0.3, -0.25) is 14.5 Å². The predicted octanol–water partition coefficient (Wildman–Crippen LogP) is 3.49. The Kier molecular flexibility index (Phi) is 6.14. The molecule has 2 N–H and O–H groups in total. The van der Waals surface area contributed by atoms with Crippen molar-refractivity contribution in [2.45, 2.75) is 50.5 Å². The van der Waals surface area contributed by atoms with E-state index in [-0.39, 0.29) is 16.6 Å². The Labute approximate surface area is 166 Å². The number of benzene rings is 2. The molecule has 3 rings (SSSR count). The van der Waals surface area contributed by atoms with E-state index in [2.05, 4.69) is 22.0 Å². The molecule has 28 heavy (non-hydrogen) atoms. The van der Waals surface area contributed by atoms with Crippen LogP contribution in [0.15, 0.2) is 58.4 Å². The number of aliphatic imine (C=N–C) groups is 1. The van der Waals surface area contributed by atoms with Gasteiger partial charge in [-0.25, -0.2) is 8.42 Å². The maximum absolute atomic E-state index is 12.8. The minimum absolute atomic E-state index is 0.193. The second-order valence-corrected chi connectivity index (χ2v) is 8.43. The SMILES string of the molecule is CCCCC(N=C1NS(=O)(=O)c2ccccc21)C(=O)Nc1ccc(CC)cc1. The van der Waals surface area contributed by atoms with E-state index in [1.165, 1.54) is 11.6 Å². The summed E-state index contributed by atoms with van der Waals surface area (Å²) in [6.45, 7) is 4.12. The van der Waals surface area contributed by atoms with Crippen molar-refractivity contribution in [1.82, 2.24) is 4.72 Å². The van der Waals surface area contributed by atoms with Gasteiger partial charge in [-0.05, 0) is 42.7 Å². The highest BCUT2D eigenvalue weighted by molar-refractivity contribution is 7.90. The van der Waals surface area contributed by atoms with Crippen molar-refractivity contribution >= 4 is 27.5 Å². The summed E-state index contributed by atoms with van der Waals surface area (Å²) in [5.41, 5.74) is 2.40. The molecule has 0 aliphatic carbocycles. The van der Waals surface area contributed by atoms with Crippen LogP contribution in [-0.2, 0) is 21.2 Å². The topological polar surface area (TPSA) is 87.6 Å². The number of nitrogens with one attached hydrogen (secondary N) is 2. The number of rotatable bonds is 7. The van der Waals surface area contributed by atoms with Crippen LogP contribution >= 0.6 is 0 Å². The number of unbranched alkanes of at least 4 members (excludes halogenated alkanes) is 1. The Hall–Kier alpha value is -2.67. The molecule has 1 amide bonds. The van der Waals surface area contributed by atoms with Gasteiger partial charge in [0.2, 0.25) is 5.91 Å². The Morgan fingerprint density at radius 1 is 1.11 bits per heavy atom. The average Bonchev–Trinajstić information content (AvgIpc) is 2.96. The maximum Gasteiger partial charge on any atom is 0.263 e. The van der Waals surface area contributed by atoms with Gasteiger partial charge < -0.3 is 5.32 Å². The van der Waals surface area contributed by atoms with Crippen molar-refractivity contribution < 1.29 is 13.2 Å². The van der Waals surface area contributed by atoms with Crippen LogP contribution in [0.25, 0.3) is 0 Å². The second kappa shape index (κ2) is 8.56. The Morgan fingerprint density at radius 2 is 1.82 bits per heavy atom. The Bertz CT molecular complexity index is 982. The summed E-state index contributed by atoms with van der Waals surface area (Å²) < 4.78 is 27.1. The van der Waals surface area contributed by atoms with Crippen LogP contribution in [0.5, 0.6) is 0 Å². The van der Waals surface area contributed by atoms with Gasteiger partial charge in [0.15, 0.2) is 0 Å². The number of amides is 1. The van der Waals surface area contributed by atoms with Crippen molar-refractivity contribution in [2.75, 3.05) is 5.32 Å². The Balaban J connectivity index is 1.86. The molecule has 0 bridgehead atoms. The van der Waals surface area contributed by atoms with Crippen molar-refractivity contribution in [3.8, 4) is 0 Å². The molecule has 0 saturated heterocycles. The summed E-state index contributed by atoms with van der Waals surface area (Å²) in [6, 6.07) is 13.7. The number of amidine groups is 1. The summed E-state index contributed by atoms with van der Waals surface area (Å²) in [5.74, 6) is -0.0121. The molecular weight excluding hydrogens is 374 g/mol. The van der Waals surface area contributed by atoms with E-state index < -0.39 is 16.1 Å². The molecular formula is C21H25N3O3S. The lowest BCUT2D eigenvalue weighted by molar-refractivity contribution is -0.117. The van der Waals surface area contributed by atoms with Crippen molar-refractivity contribution in [3.05, 3.63) is 59.7 Å². The average molecular weight is 400 g/mol. The number of sulfonamides is 1. The molecule has 0 aromatic heterocycles. The van der Waals surface area contributed by atoms with Crippen LogP contribution in [0, 0.1) is 0 Å².